The number of rotatable bonds is 5. The predicted molar refractivity (Wildman–Crippen MR) is 75.9 cm³/mol. The summed E-state index contributed by atoms with van der Waals surface area (Å²) in [6.45, 7) is 4.24. The number of aryl methyl sites for hydroxylation is 2. The Kier molecular flexibility index (Phi) is 4.49. The van der Waals surface area contributed by atoms with E-state index >= 15 is 0 Å². The fourth-order valence-corrected chi connectivity index (χ4v) is 2.08. The third-order valence-electron chi connectivity index (χ3n) is 3.37. The van der Waals surface area contributed by atoms with Gasteiger partial charge < -0.3 is 15.9 Å². The van der Waals surface area contributed by atoms with Gasteiger partial charge in [-0.3, -0.25) is 0 Å². The van der Waals surface area contributed by atoms with Crippen molar-refractivity contribution in [2.45, 2.75) is 33.0 Å². The molecule has 0 spiro atoms. The van der Waals surface area contributed by atoms with Gasteiger partial charge in [0.1, 0.15) is 5.69 Å². The normalized spacial score (nSPS) is 12.7. The highest BCUT2D eigenvalue weighted by Crippen LogP contribution is 2.24. The third kappa shape index (κ3) is 2.87. The van der Waals surface area contributed by atoms with Crippen LogP contribution in [0.1, 0.15) is 16.8 Å². The molecule has 2 rings (SSSR count). The molecule has 0 amide bonds. The van der Waals surface area contributed by atoms with Crippen LogP contribution >= 0.6 is 0 Å². The second-order valence-electron chi connectivity index (χ2n) is 4.91. The molecule has 0 bridgehead atoms. The average molecular weight is 276 g/mol. The van der Waals surface area contributed by atoms with Crippen molar-refractivity contribution < 1.29 is 10.2 Å². The molecule has 6 heteroatoms. The summed E-state index contributed by atoms with van der Waals surface area (Å²) in [5.74, 6) is 0. The minimum atomic E-state index is -0.868. The van der Waals surface area contributed by atoms with Crippen LogP contribution in [0.5, 0.6) is 0 Å². The molecule has 20 heavy (non-hydrogen) atoms. The number of aliphatic hydroxyl groups excluding tert-OH is 2. The number of nitrogens with two attached hydrogens (primary N) is 1. The molecule has 108 valence electrons. The lowest BCUT2D eigenvalue weighted by Crippen LogP contribution is -2.21. The highest BCUT2D eigenvalue weighted by molar-refractivity contribution is 5.63. The quantitative estimate of drug-likeness (QED) is 0.733. The van der Waals surface area contributed by atoms with Crippen molar-refractivity contribution in [3.8, 4) is 11.3 Å². The minimum Gasteiger partial charge on any atom is -0.394 e. The Morgan fingerprint density at radius 1 is 1.30 bits per heavy atom. The zero-order chi connectivity index (χ0) is 14.7. The lowest BCUT2D eigenvalue weighted by Gasteiger charge is -2.12. The van der Waals surface area contributed by atoms with Gasteiger partial charge in [0, 0.05) is 12.1 Å². The van der Waals surface area contributed by atoms with Crippen LogP contribution in [-0.2, 0) is 13.1 Å². The van der Waals surface area contributed by atoms with E-state index in [0.717, 1.165) is 11.3 Å². The summed E-state index contributed by atoms with van der Waals surface area (Å²) in [5.41, 5.74) is 10.5. The molecule has 2 aromatic rings. The van der Waals surface area contributed by atoms with Crippen molar-refractivity contribution >= 4 is 0 Å². The zero-order valence-electron chi connectivity index (χ0n) is 11.7. The molecule has 0 aliphatic heterocycles. The topological polar surface area (TPSA) is 97.2 Å². The van der Waals surface area contributed by atoms with Crippen LogP contribution in [0.2, 0.25) is 0 Å². The Balaban J connectivity index is 2.47. The van der Waals surface area contributed by atoms with Gasteiger partial charge >= 0.3 is 0 Å². The van der Waals surface area contributed by atoms with Gasteiger partial charge in [0.15, 0.2) is 0 Å². The van der Waals surface area contributed by atoms with Gasteiger partial charge in [-0.15, -0.1) is 5.10 Å². The number of hydrogen-bond donors (Lipinski definition) is 3. The first-order valence-corrected chi connectivity index (χ1v) is 6.55. The molecule has 4 N–H and O–H groups in total. The highest BCUT2D eigenvalue weighted by atomic mass is 16.3. The van der Waals surface area contributed by atoms with Gasteiger partial charge in [-0.2, -0.15) is 0 Å². The summed E-state index contributed by atoms with van der Waals surface area (Å²) in [7, 11) is 0. The molecule has 0 radical (unpaired) electrons. The zero-order valence-corrected chi connectivity index (χ0v) is 11.7. The van der Waals surface area contributed by atoms with Gasteiger partial charge in [0.2, 0.25) is 0 Å². The number of hydrogen-bond acceptors (Lipinski definition) is 5. The van der Waals surface area contributed by atoms with Crippen LogP contribution in [0.15, 0.2) is 18.2 Å². The van der Waals surface area contributed by atoms with Crippen molar-refractivity contribution in [1.82, 2.24) is 15.0 Å². The Morgan fingerprint density at radius 3 is 2.65 bits per heavy atom. The summed E-state index contributed by atoms with van der Waals surface area (Å²) in [6.07, 6.45) is -0.868. The Labute approximate surface area is 117 Å². The van der Waals surface area contributed by atoms with E-state index < -0.39 is 6.10 Å². The first-order valence-electron chi connectivity index (χ1n) is 6.55. The van der Waals surface area contributed by atoms with Crippen LogP contribution < -0.4 is 5.73 Å². The Hall–Kier alpha value is -1.76. The highest BCUT2D eigenvalue weighted by Gasteiger charge is 2.16. The van der Waals surface area contributed by atoms with Crippen molar-refractivity contribution in [3.05, 3.63) is 35.0 Å². The largest absolute Gasteiger partial charge is 0.394 e. The van der Waals surface area contributed by atoms with Gasteiger partial charge in [-0.25, -0.2) is 4.68 Å². The second kappa shape index (κ2) is 6.13. The fourth-order valence-electron chi connectivity index (χ4n) is 2.08. The Bertz CT molecular complexity index is 595. The summed E-state index contributed by atoms with van der Waals surface area (Å²) >= 11 is 0. The van der Waals surface area contributed by atoms with E-state index in [1.54, 1.807) is 4.68 Å². The van der Waals surface area contributed by atoms with E-state index in [9.17, 15) is 5.11 Å². The van der Waals surface area contributed by atoms with Crippen molar-refractivity contribution in [3.63, 3.8) is 0 Å². The van der Waals surface area contributed by atoms with E-state index in [1.165, 1.54) is 11.1 Å². The van der Waals surface area contributed by atoms with Crippen LogP contribution in [0.4, 0.5) is 0 Å². The number of nitrogens with zero attached hydrogens (tertiary/aromatic N) is 3. The Morgan fingerprint density at radius 2 is 2.05 bits per heavy atom. The molecule has 0 aliphatic rings. The average Bonchev–Trinajstić information content (AvgIpc) is 2.84. The maximum Gasteiger partial charge on any atom is 0.104 e. The lowest BCUT2D eigenvalue weighted by atomic mass is 10.0. The number of aliphatic hydroxyl groups is 2. The van der Waals surface area contributed by atoms with Crippen molar-refractivity contribution in [2.75, 3.05) is 6.61 Å². The van der Waals surface area contributed by atoms with Crippen molar-refractivity contribution in [2.24, 2.45) is 5.73 Å². The molecule has 1 aromatic carbocycles. The van der Waals surface area contributed by atoms with E-state index in [0.29, 0.717) is 5.69 Å². The smallest absolute Gasteiger partial charge is 0.104 e. The monoisotopic (exact) mass is 276 g/mol. The van der Waals surface area contributed by atoms with Gasteiger partial charge in [0.05, 0.1) is 24.9 Å². The summed E-state index contributed by atoms with van der Waals surface area (Å²) in [4.78, 5) is 0. The molecule has 0 saturated carbocycles. The lowest BCUT2D eigenvalue weighted by molar-refractivity contribution is 0.0782. The molecule has 6 nitrogen and oxygen atoms in total. The van der Waals surface area contributed by atoms with Gasteiger partial charge in [0.25, 0.3) is 0 Å². The first-order chi connectivity index (χ1) is 9.56. The van der Waals surface area contributed by atoms with Crippen molar-refractivity contribution in [1.29, 1.82) is 0 Å². The number of aromatic nitrogens is 3. The molecule has 0 saturated heterocycles. The van der Waals surface area contributed by atoms with Gasteiger partial charge in [-0.05, 0) is 31.0 Å². The minimum absolute atomic E-state index is 0.186. The second-order valence-corrected chi connectivity index (χ2v) is 4.91. The molecule has 1 unspecified atom stereocenters. The van der Waals surface area contributed by atoms with Crippen LogP contribution in [0.3, 0.4) is 0 Å². The third-order valence-corrected chi connectivity index (χ3v) is 3.37. The molecule has 1 aromatic heterocycles. The van der Waals surface area contributed by atoms with Gasteiger partial charge in [-0.1, -0.05) is 17.3 Å². The maximum absolute atomic E-state index is 9.59. The summed E-state index contributed by atoms with van der Waals surface area (Å²) in [5, 5.41) is 26.6. The predicted octanol–water partition coefficient (Wildman–Crippen LogP) is 0.374. The van der Waals surface area contributed by atoms with E-state index in [-0.39, 0.29) is 19.7 Å². The van der Waals surface area contributed by atoms with Crippen LogP contribution in [-0.4, -0.2) is 37.9 Å². The molecule has 0 fully saturated rings. The van der Waals surface area contributed by atoms with E-state index in [4.69, 9.17) is 10.8 Å². The standard InChI is InChI=1S/C14H20N4O2/c1-9-3-4-11(5-10(9)2)14-13(6-15)16-17-18(14)7-12(20)8-19/h3-5,12,19-20H,6-8,15H2,1-2H3. The van der Waals surface area contributed by atoms with E-state index in [2.05, 4.69) is 16.4 Å². The molecule has 1 heterocycles. The maximum atomic E-state index is 9.59. The first kappa shape index (κ1) is 14.6. The van der Waals surface area contributed by atoms with Crippen LogP contribution in [0.25, 0.3) is 11.3 Å². The molecular formula is C14H20N4O2. The molecule has 1 atom stereocenters. The molecule has 0 aliphatic carbocycles. The summed E-state index contributed by atoms with van der Waals surface area (Å²) in [6, 6.07) is 6.07. The molecular weight excluding hydrogens is 256 g/mol. The SMILES string of the molecule is Cc1ccc(-c2c(CN)nnn2CC(O)CO)cc1C. The fraction of sp³-hybridized carbons (Fsp3) is 0.429. The summed E-state index contributed by atoms with van der Waals surface area (Å²) < 4.78 is 1.59. The number of benzene rings is 1. The van der Waals surface area contributed by atoms with Crippen LogP contribution in [0, 0.1) is 13.8 Å². The van der Waals surface area contributed by atoms with E-state index in [1.807, 2.05) is 26.0 Å².